The fourth-order valence-electron chi connectivity index (χ4n) is 5.27. The van der Waals surface area contributed by atoms with Crippen molar-refractivity contribution in [2.75, 3.05) is 32.1 Å². The quantitative estimate of drug-likeness (QED) is 0.432. The highest BCUT2D eigenvalue weighted by molar-refractivity contribution is 6.04. The molecule has 2 aromatic carbocycles. The maximum atomic E-state index is 12.7. The smallest absolute Gasteiger partial charge is 0.257 e. The largest absolute Gasteiger partial charge is 0.392 e. The first-order valence-electron chi connectivity index (χ1n) is 13.2. The van der Waals surface area contributed by atoms with Gasteiger partial charge in [0.25, 0.3) is 5.91 Å². The third-order valence-electron chi connectivity index (χ3n) is 7.25. The van der Waals surface area contributed by atoms with E-state index in [1.807, 2.05) is 48.5 Å². The minimum absolute atomic E-state index is 0.00751. The number of likely N-dealkylation sites (tertiary alicyclic amines) is 1. The molecule has 2 aliphatic rings. The molecule has 0 radical (unpaired) electrons. The van der Waals surface area contributed by atoms with Gasteiger partial charge in [-0.2, -0.15) is 0 Å². The van der Waals surface area contributed by atoms with Crippen LogP contribution in [0, 0.1) is 0 Å². The van der Waals surface area contributed by atoms with Crippen molar-refractivity contribution in [3.8, 4) is 0 Å². The Bertz CT molecular complexity index is 1190. The third kappa shape index (κ3) is 6.46. The van der Waals surface area contributed by atoms with Gasteiger partial charge >= 0.3 is 0 Å². The van der Waals surface area contributed by atoms with Gasteiger partial charge in [0.2, 0.25) is 0 Å². The van der Waals surface area contributed by atoms with Crippen molar-refractivity contribution in [2.45, 2.75) is 50.4 Å². The molecular formula is C30H35N3O5. The van der Waals surface area contributed by atoms with E-state index in [0.29, 0.717) is 17.3 Å². The Morgan fingerprint density at radius 3 is 2.76 bits per heavy atom. The number of carbonyl (C=O) groups is 1. The summed E-state index contributed by atoms with van der Waals surface area (Å²) >= 11 is 0. The number of pyridine rings is 1. The Kier molecular flexibility index (Phi) is 8.78. The van der Waals surface area contributed by atoms with E-state index in [9.17, 15) is 9.90 Å². The summed E-state index contributed by atoms with van der Waals surface area (Å²) in [6.45, 7) is 2.56. The van der Waals surface area contributed by atoms with Gasteiger partial charge in [-0.05, 0) is 54.8 Å². The summed E-state index contributed by atoms with van der Waals surface area (Å²) < 4.78 is 18.5. The molecule has 0 bridgehead atoms. The number of aliphatic hydroxyl groups is 1. The van der Waals surface area contributed by atoms with Gasteiger partial charge in [0.1, 0.15) is 0 Å². The summed E-state index contributed by atoms with van der Waals surface area (Å²) in [6, 6.07) is 19.4. The van der Waals surface area contributed by atoms with E-state index in [4.69, 9.17) is 14.2 Å². The molecule has 0 aliphatic carbocycles. The van der Waals surface area contributed by atoms with Crippen LogP contribution in [0.15, 0.2) is 73.1 Å². The molecule has 5 rings (SSSR count). The van der Waals surface area contributed by atoms with Crippen molar-refractivity contribution in [3.63, 3.8) is 0 Å². The van der Waals surface area contributed by atoms with Crippen molar-refractivity contribution in [2.24, 2.45) is 0 Å². The van der Waals surface area contributed by atoms with Gasteiger partial charge in [0.15, 0.2) is 6.29 Å². The van der Waals surface area contributed by atoms with E-state index in [-0.39, 0.29) is 24.7 Å². The zero-order valence-corrected chi connectivity index (χ0v) is 21.7. The predicted octanol–water partition coefficient (Wildman–Crippen LogP) is 4.48. The second kappa shape index (κ2) is 12.6. The zero-order valence-electron chi connectivity index (χ0n) is 21.7. The highest BCUT2D eigenvalue weighted by Gasteiger charge is 2.35. The lowest BCUT2D eigenvalue weighted by atomic mass is 9.99. The number of carbonyl (C=O) groups excluding carboxylic acids is 1. The summed E-state index contributed by atoms with van der Waals surface area (Å²) in [4.78, 5) is 19.2. The minimum atomic E-state index is -0.588. The molecule has 200 valence electrons. The van der Waals surface area contributed by atoms with Gasteiger partial charge < -0.3 is 24.6 Å². The molecule has 1 amide bonds. The predicted molar refractivity (Wildman–Crippen MR) is 144 cm³/mol. The molecule has 1 aromatic heterocycles. The molecule has 3 aromatic rings. The average Bonchev–Trinajstić information content (AvgIpc) is 3.40. The van der Waals surface area contributed by atoms with E-state index in [1.54, 1.807) is 31.6 Å². The molecule has 2 saturated heterocycles. The van der Waals surface area contributed by atoms with Crippen LogP contribution in [0.25, 0.3) is 0 Å². The van der Waals surface area contributed by atoms with Crippen LogP contribution in [0.1, 0.15) is 58.7 Å². The lowest BCUT2D eigenvalue weighted by molar-refractivity contribution is -0.253. The fourth-order valence-corrected chi connectivity index (χ4v) is 5.27. The highest BCUT2D eigenvalue weighted by Crippen LogP contribution is 2.39. The average molecular weight is 518 g/mol. The standard InChI is InChI=1S/C30H35N3O5/c1-36-20-26-8-4-14-33(26)18-27-16-28(22-11-9-21(19-34)10-12-22)38-30(37-27)23-5-2-7-25(15-23)32-29(35)24-6-3-13-31-17-24/h2-3,5-7,9-13,15,17,26-28,30,34H,4,8,14,16,18-20H2,1H3,(H,32,35). The molecule has 4 atom stereocenters. The number of hydrogen-bond acceptors (Lipinski definition) is 7. The van der Waals surface area contributed by atoms with Crippen molar-refractivity contribution in [3.05, 3.63) is 95.3 Å². The number of benzene rings is 2. The molecule has 38 heavy (non-hydrogen) atoms. The summed E-state index contributed by atoms with van der Waals surface area (Å²) in [5.74, 6) is -0.223. The molecule has 0 saturated carbocycles. The number of methoxy groups -OCH3 is 1. The molecule has 2 N–H and O–H groups in total. The van der Waals surface area contributed by atoms with E-state index in [1.165, 1.54) is 0 Å². The normalized spacial score (nSPS) is 23.8. The Hall–Kier alpha value is -3.14. The second-order valence-electron chi connectivity index (χ2n) is 9.92. The number of hydrogen-bond donors (Lipinski definition) is 2. The number of aliphatic hydroxyl groups excluding tert-OH is 1. The lowest BCUT2D eigenvalue weighted by Gasteiger charge is -2.39. The van der Waals surface area contributed by atoms with Crippen LogP contribution in [0.3, 0.4) is 0 Å². The van der Waals surface area contributed by atoms with Gasteiger partial charge in [-0.1, -0.05) is 36.4 Å². The SMILES string of the molecule is COCC1CCCN1CC1CC(c2ccc(CO)cc2)OC(c2cccc(NC(=O)c3cccnc3)c2)O1. The van der Waals surface area contributed by atoms with Gasteiger partial charge in [-0.25, -0.2) is 0 Å². The maximum Gasteiger partial charge on any atom is 0.257 e. The maximum absolute atomic E-state index is 12.7. The molecule has 2 fully saturated rings. The van der Waals surface area contributed by atoms with Crippen LogP contribution in [0.4, 0.5) is 5.69 Å². The van der Waals surface area contributed by atoms with Gasteiger partial charge in [0, 0.05) is 49.8 Å². The first kappa shape index (κ1) is 26.5. The molecule has 8 heteroatoms. The second-order valence-corrected chi connectivity index (χ2v) is 9.92. The molecule has 2 aliphatic heterocycles. The van der Waals surface area contributed by atoms with Crippen molar-refractivity contribution < 1.29 is 24.1 Å². The van der Waals surface area contributed by atoms with Crippen molar-refractivity contribution in [1.82, 2.24) is 9.88 Å². The summed E-state index contributed by atoms with van der Waals surface area (Å²) in [5.41, 5.74) is 3.91. The molecule has 4 unspecified atom stereocenters. The van der Waals surface area contributed by atoms with Crippen LogP contribution in [0.2, 0.25) is 0 Å². The van der Waals surface area contributed by atoms with Crippen molar-refractivity contribution >= 4 is 11.6 Å². The number of nitrogens with one attached hydrogen (secondary N) is 1. The van der Waals surface area contributed by atoms with E-state index in [2.05, 4.69) is 15.2 Å². The third-order valence-corrected chi connectivity index (χ3v) is 7.25. The van der Waals surface area contributed by atoms with Crippen LogP contribution >= 0.6 is 0 Å². The number of ether oxygens (including phenoxy) is 3. The van der Waals surface area contributed by atoms with Crippen LogP contribution in [-0.4, -0.2) is 59.8 Å². The van der Waals surface area contributed by atoms with Crippen LogP contribution in [0.5, 0.6) is 0 Å². The van der Waals surface area contributed by atoms with Crippen molar-refractivity contribution in [1.29, 1.82) is 0 Å². The fraction of sp³-hybridized carbons (Fsp3) is 0.400. The Balaban J connectivity index is 1.35. The number of nitrogens with zero attached hydrogens (tertiary/aromatic N) is 2. The molecule has 3 heterocycles. The molecule has 8 nitrogen and oxygen atoms in total. The van der Waals surface area contributed by atoms with Gasteiger partial charge in [0.05, 0.1) is 31.0 Å². The highest BCUT2D eigenvalue weighted by atomic mass is 16.7. The minimum Gasteiger partial charge on any atom is -0.392 e. The Morgan fingerprint density at radius 2 is 2.00 bits per heavy atom. The summed E-state index contributed by atoms with van der Waals surface area (Å²) in [5, 5.41) is 12.4. The monoisotopic (exact) mass is 517 g/mol. The zero-order chi connectivity index (χ0) is 26.3. The summed E-state index contributed by atoms with van der Waals surface area (Å²) in [6.07, 6.45) is 5.40. The van der Waals surface area contributed by atoms with E-state index < -0.39 is 6.29 Å². The number of amides is 1. The topological polar surface area (TPSA) is 93.2 Å². The van der Waals surface area contributed by atoms with Gasteiger partial charge in [-0.3, -0.25) is 14.7 Å². The van der Waals surface area contributed by atoms with E-state index in [0.717, 1.165) is 55.6 Å². The molecular weight excluding hydrogens is 482 g/mol. The van der Waals surface area contributed by atoms with E-state index >= 15 is 0 Å². The Morgan fingerprint density at radius 1 is 1.13 bits per heavy atom. The first-order chi connectivity index (χ1) is 18.6. The number of anilines is 1. The van der Waals surface area contributed by atoms with Gasteiger partial charge in [-0.15, -0.1) is 0 Å². The number of aromatic nitrogens is 1. The Labute approximate surface area is 223 Å². The van der Waals surface area contributed by atoms with Crippen LogP contribution in [-0.2, 0) is 20.8 Å². The van der Waals surface area contributed by atoms with Crippen LogP contribution < -0.4 is 5.32 Å². The molecule has 0 spiro atoms. The number of rotatable bonds is 9. The first-order valence-corrected chi connectivity index (χ1v) is 13.2. The summed E-state index contributed by atoms with van der Waals surface area (Å²) in [7, 11) is 1.75. The lowest BCUT2D eigenvalue weighted by Crippen LogP contribution is -2.42.